The molecular formula is C20H37NO4Si. The molecular weight excluding hydrogens is 346 g/mol. The minimum Gasteiger partial charge on any atom is -0.444 e. The maximum Gasteiger partial charge on any atom is 0.410 e. The summed E-state index contributed by atoms with van der Waals surface area (Å²) >= 11 is 0. The van der Waals surface area contributed by atoms with E-state index in [-0.39, 0.29) is 23.7 Å². The average molecular weight is 384 g/mol. The standard InChI is InChI=1S/C20H37NO4Si/c1-19(2,3)25-18(23)21-12-15(22)11-16(14-9-10-14)17(21)13-24-26(7,8)20(4,5)6/h11,14-15,17,22H,9-10,12-13H2,1-8H3/t15-,17+/m0/s1. The van der Waals surface area contributed by atoms with Gasteiger partial charge in [-0.3, -0.25) is 4.90 Å². The Morgan fingerprint density at radius 2 is 1.81 bits per heavy atom. The van der Waals surface area contributed by atoms with Crippen molar-refractivity contribution in [1.29, 1.82) is 0 Å². The van der Waals surface area contributed by atoms with Gasteiger partial charge in [0.2, 0.25) is 0 Å². The Balaban J connectivity index is 2.22. The molecule has 0 saturated heterocycles. The molecule has 1 aliphatic carbocycles. The number of carbonyl (C=O) groups is 1. The summed E-state index contributed by atoms with van der Waals surface area (Å²) in [7, 11) is -1.93. The Morgan fingerprint density at radius 3 is 2.27 bits per heavy atom. The number of rotatable bonds is 4. The van der Waals surface area contributed by atoms with Gasteiger partial charge in [0.05, 0.1) is 25.3 Å². The quantitative estimate of drug-likeness (QED) is 0.580. The topological polar surface area (TPSA) is 59.0 Å². The molecule has 0 aromatic rings. The number of hydrogen-bond donors (Lipinski definition) is 1. The molecule has 2 atom stereocenters. The molecule has 0 radical (unpaired) electrons. The van der Waals surface area contributed by atoms with Crippen molar-refractivity contribution in [2.24, 2.45) is 5.92 Å². The van der Waals surface area contributed by atoms with Crippen LogP contribution >= 0.6 is 0 Å². The number of ether oxygens (including phenoxy) is 1. The van der Waals surface area contributed by atoms with Crippen LogP contribution in [0.3, 0.4) is 0 Å². The minimum atomic E-state index is -1.93. The van der Waals surface area contributed by atoms with Crippen LogP contribution < -0.4 is 0 Å². The van der Waals surface area contributed by atoms with Crippen LogP contribution in [0.1, 0.15) is 54.4 Å². The highest BCUT2D eigenvalue weighted by molar-refractivity contribution is 6.74. The number of nitrogens with zero attached hydrogens (tertiary/aromatic N) is 1. The number of β-amino-alcohol motifs (C(OH)–C–C–N with tert-alkyl or cyclic N) is 1. The fraction of sp³-hybridized carbons (Fsp3) is 0.850. The molecule has 0 unspecified atom stereocenters. The van der Waals surface area contributed by atoms with Crippen LogP contribution in [0.4, 0.5) is 4.79 Å². The second-order valence-corrected chi connectivity index (χ2v) is 15.0. The van der Waals surface area contributed by atoms with E-state index >= 15 is 0 Å². The van der Waals surface area contributed by atoms with E-state index in [1.165, 1.54) is 0 Å². The first-order valence-corrected chi connectivity index (χ1v) is 12.7. The summed E-state index contributed by atoms with van der Waals surface area (Å²) < 4.78 is 12.1. The zero-order valence-electron chi connectivity index (χ0n) is 17.8. The predicted octanol–water partition coefficient (Wildman–Crippen LogP) is 4.32. The number of hydrogen-bond acceptors (Lipinski definition) is 4. The van der Waals surface area contributed by atoms with Crippen LogP contribution in [-0.2, 0) is 9.16 Å². The van der Waals surface area contributed by atoms with Gasteiger partial charge in [-0.25, -0.2) is 4.79 Å². The van der Waals surface area contributed by atoms with Gasteiger partial charge < -0.3 is 14.3 Å². The first-order valence-electron chi connectivity index (χ1n) is 9.74. The zero-order chi connectivity index (χ0) is 19.9. The Bertz CT molecular complexity index is 555. The van der Waals surface area contributed by atoms with Crippen molar-refractivity contribution in [2.45, 2.75) is 90.3 Å². The van der Waals surface area contributed by atoms with Crippen LogP contribution in [-0.4, -0.2) is 55.3 Å². The Morgan fingerprint density at radius 1 is 1.23 bits per heavy atom. The third-order valence-corrected chi connectivity index (χ3v) is 10.1. The summed E-state index contributed by atoms with van der Waals surface area (Å²) in [5.41, 5.74) is 0.585. The number of carbonyl (C=O) groups excluding carboxylic acids is 1. The first kappa shape index (κ1) is 21.4. The molecule has 0 bridgehead atoms. The maximum atomic E-state index is 12.8. The molecule has 1 saturated carbocycles. The van der Waals surface area contributed by atoms with Gasteiger partial charge in [-0.05, 0) is 63.2 Å². The fourth-order valence-electron chi connectivity index (χ4n) is 2.93. The molecule has 1 N–H and O–H groups in total. The third-order valence-electron chi connectivity index (χ3n) is 5.61. The van der Waals surface area contributed by atoms with Crippen molar-refractivity contribution in [1.82, 2.24) is 4.90 Å². The van der Waals surface area contributed by atoms with Gasteiger partial charge in [0, 0.05) is 0 Å². The molecule has 26 heavy (non-hydrogen) atoms. The lowest BCUT2D eigenvalue weighted by Crippen LogP contribution is -2.54. The molecule has 1 aliphatic heterocycles. The number of aliphatic hydroxyl groups excluding tert-OH is 1. The van der Waals surface area contributed by atoms with E-state index in [2.05, 4.69) is 33.9 Å². The normalized spacial score (nSPS) is 25.1. The average Bonchev–Trinajstić information content (AvgIpc) is 3.26. The van der Waals surface area contributed by atoms with E-state index < -0.39 is 20.0 Å². The van der Waals surface area contributed by atoms with Gasteiger partial charge in [0.25, 0.3) is 0 Å². The highest BCUT2D eigenvalue weighted by Crippen LogP contribution is 2.42. The largest absolute Gasteiger partial charge is 0.444 e. The molecule has 6 heteroatoms. The van der Waals surface area contributed by atoms with E-state index in [9.17, 15) is 9.90 Å². The van der Waals surface area contributed by atoms with E-state index in [1.54, 1.807) is 4.90 Å². The summed E-state index contributed by atoms with van der Waals surface area (Å²) in [5.74, 6) is 0.461. The van der Waals surface area contributed by atoms with Gasteiger partial charge in [-0.2, -0.15) is 0 Å². The van der Waals surface area contributed by atoms with E-state index in [1.807, 2.05) is 26.8 Å². The van der Waals surface area contributed by atoms with Gasteiger partial charge in [0.1, 0.15) is 5.60 Å². The van der Waals surface area contributed by atoms with Crippen molar-refractivity contribution in [3.63, 3.8) is 0 Å². The highest BCUT2D eigenvalue weighted by atomic mass is 28.4. The van der Waals surface area contributed by atoms with Gasteiger partial charge in [0.15, 0.2) is 8.32 Å². The van der Waals surface area contributed by atoms with Crippen LogP contribution in [0.5, 0.6) is 0 Å². The Labute approximate surface area is 159 Å². The molecule has 2 rings (SSSR count). The summed E-state index contributed by atoms with van der Waals surface area (Å²) in [6.07, 6.45) is 3.18. The number of amides is 1. The van der Waals surface area contributed by atoms with Gasteiger partial charge in [-0.15, -0.1) is 0 Å². The Hall–Kier alpha value is -0.853. The lowest BCUT2D eigenvalue weighted by Gasteiger charge is -2.42. The van der Waals surface area contributed by atoms with E-state index in [4.69, 9.17) is 9.16 Å². The van der Waals surface area contributed by atoms with Crippen LogP contribution in [0.25, 0.3) is 0 Å². The second kappa shape index (κ2) is 7.28. The van der Waals surface area contributed by atoms with Gasteiger partial charge in [-0.1, -0.05) is 26.8 Å². The van der Waals surface area contributed by atoms with Crippen LogP contribution in [0, 0.1) is 5.92 Å². The minimum absolute atomic E-state index is 0.112. The molecule has 1 fully saturated rings. The lowest BCUT2D eigenvalue weighted by molar-refractivity contribution is 0.00155. The molecule has 150 valence electrons. The fourth-order valence-corrected chi connectivity index (χ4v) is 3.94. The summed E-state index contributed by atoms with van der Waals surface area (Å²) in [6.45, 7) is 17.4. The molecule has 0 aromatic heterocycles. The van der Waals surface area contributed by atoms with Crippen molar-refractivity contribution in [3.05, 3.63) is 11.6 Å². The molecule has 1 heterocycles. The smallest absolute Gasteiger partial charge is 0.410 e. The monoisotopic (exact) mass is 383 g/mol. The van der Waals surface area contributed by atoms with E-state index in [0.29, 0.717) is 12.5 Å². The Kier molecular flexibility index (Phi) is 6.01. The van der Waals surface area contributed by atoms with Crippen molar-refractivity contribution in [3.8, 4) is 0 Å². The summed E-state index contributed by atoms with van der Waals surface area (Å²) in [5, 5.41) is 10.4. The maximum absolute atomic E-state index is 12.8. The first-order chi connectivity index (χ1) is 11.7. The van der Waals surface area contributed by atoms with E-state index in [0.717, 1.165) is 18.4 Å². The predicted molar refractivity (Wildman–Crippen MR) is 107 cm³/mol. The number of aliphatic hydroxyl groups is 1. The SMILES string of the molecule is CC(C)(C)OC(=O)N1C[C@@H](O)C=C(C2CC2)[C@H]1CO[Si](C)(C)C(C)(C)C. The van der Waals surface area contributed by atoms with Crippen LogP contribution in [0.15, 0.2) is 11.6 Å². The van der Waals surface area contributed by atoms with Crippen molar-refractivity contribution >= 4 is 14.4 Å². The highest BCUT2D eigenvalue weighted by Gasteiger charge is 2.43. The van der Waals surface area contributed by atoms with Gasteiger partial charge >= 0.3 is 6.09 Å². The van der Waals surface area contributed by atoms with Crippen LogP contribution in [0.2, 0.25) is 18.1 Å². The summed E-state index contributed by atoms with van der Waals surface area (Å²) in [6, 6.07) is -0.144. The molecule has 0 aromatic carbocycles. The molecule has 2 aliphatic rings. The zero-order valence-corrected chi connectivity index (χ0v) is 18.8. The molecule has 0 spiro atoms. The van der Waals surface area contributed by atoms with Crippen molar-refractivity contribution < 1.29 is 19.1 Å². The molecule has 5 nitrogen and oxygen atoms in total. The lowest BCUT2D eigenvalue weighted by atomic mass is 9.95. The molecule has 1 amide bonds. The summed E-state index contributed by atoms with van der Waals surface area (Å²) in [4.78, 5) is 14.5. The third kappa shape index (κ3) is 5.33. The van der Waals surface area contributed by atoms with Crippen molar-refractivity contribution in [2.75, 3.05) is 13.2 Å². The second-order valence-electron chi connectivity index (χ2n) is 10.2.